The first-order valence-electron chi connectivity index (χ1n) is 10.3. The van der Waals surface area contributed by atoms with E-state index in [1.165, 1.54) is 4.90 Å². The number of carbonyl (C=O) groups is 1. The van der Waals surface area contributed by atoms with E-state index in [0.29, 0.717) is 17.0 Å². The van der Waals surface area contributed by atoms with Gasteiger partial charge in [0.1, 0.15) is 11.9 Å². The van der Waals surface area contributed by atoms with Gasteiger partial charge in [-0.1, -0.05) is 42.4 Å². The monoisotopic (exact) mass is 455 g/mol. The smallest absolute Gasteiger partial charge is 0.273 e. The van der Waals surface area contributed by atoms with Gasteiger partial charge in [0.05, 0.1) is 16.2 Å². The number of halogens is 1. The summed E-state index contributed by atoms with van der Waals surface area (Å²) in [5.41, 5.74) is 6.29. The minimum Gasteiger partial charge on any atom is -0.361 e. The molecular formula is C26H22ClN5O. The molecule has 0 saturated carbocycles. The number of anilines is 2. The number of rotatable bonds is 4. The second-order valence-corrected chi connectivity index (χ2v) is 8.42. The van der Waals surface area contributed by atoms with Gasteiger partial charge in [-0.15, -0.1) is 4.98 Å². The van der Waals surface area contributed by atoms with Crippen molar-refractivity contribution in [2.24, 2.45) is 0 Å². The standard InChI is InChI=1S/C26H22ClN5O/c1-15-6-7-16(2)21(12-15)31-24-19-13-17(18-9-11-22(28-3)29-14-18)8-10-20(19)30-25(23(24)27)26(33)32(4)5/h6-14H,1-2,4-5H3,(H,30,31). The molecule has 2 heterocycles. The van der Waals surface area contributed by atoms with Gasteiger partial charge in [-0.2, -0.15) is 0 Å². The summed E-state index contributed by atoms with van der Waals surface area (Å²) in [5, 5.41) is 4.50. The minimum atomic E-state index is -0.270. The van der Waals surface area contributed by atoms with E-state index in [9.17, 15) is 4.79 Å². The van der Waals surface area contributed by atoms with Crippen LogP contribution in [0.2, 0.25) is 5.02 Å². The summed E-state index contributed by atoms with van der Waals surface area (Å²) < 4.78 is 0. The summed E-state index contributed by atoms with van der Waals surface area (Å²) in [6, 6.07) is 15.4. The van der Waals surface area contributed by atoms with Gasteiger partial charge in [0.2, 0.25) is 0 Å². The van der Waals surface area contributed by atoms with Crippen molar-refractivity contribution in [1.29, 1.82) is 0 Å². The number of aromatic nitrogens is 2. The highest BCUT2D eigenvalue weighted by molar-refractivity contribution is 6.38. The Kier molecular flexibility index (Phi) is 5.99. The average molecular weight is 456 g/mol. The molecule has 0 aliphatic heterocycles. The van der Waals surface area contributed by atoms with Crippen molar-refractivity contribution in [3.8, 4) is 11.1 Å². The van der Waals surface area contributed by atoms with Crippen LogP contribution in [-0.2, 0) is 0 Å². The van der Waals surface area contributed by atoms with Crippen LogP contribution in [0.5, 0.6) is 0 Å². The Hall–Kier alpha value is -3.95. The van der Waals surface area contributed by atoms with Crippen LogP contribution in [0, 0.1) is 20.4 Å². The molecule has 0 aliphatic carbocycles. The highest BCUT2D eigenvalue weighted by atomic mass is 35.5. The molecule has 2 aromatic heterocycles. The highest BCUT2D eigenvalue weighted by Crippen LogP contribution is 2.38. The first-order chi connectivity index (χ1) is 15.8. The lowest BCUT2D eigenvalue weighted by atomic mass is 10.0. The summed E-state index contributed by atoms with van der Waals surface area (Å²) in [7, 11) is 3.34. The number of amides is 1. The Balaban J connectivity index is 1.94. The van der Waals surface area contributed by atoms with Crippen LogP contribution < -0.4 is 5.32 Å². The van der Waals surface area contributed by atoms with Crippen LogP contribution in [0.25, 0.3) is 26.9 Å². The summed E-state index contributed by atoms with van der Waals surface area (Å²) >= 11 is 6.79. The number of nitrogens with one attached hydrogen (secondary N) is 1. The van der Waals surface area contributed by atoms with E-state index in [1.54, 1.807) is 26.4 Å². The van der Waals surface area contributed by atoms with Crippen LogP contribution in [0.4, 0.5) is 17.2 Å². The number of hydrogen-bond acceptors (Lipinski definition) is 4. The first kappa shape index (κ1) is 22.3. The largest absolute Gasteiger partial charge is 0.361 e. The number of hydrogen-bond donors (Lipinski definition) is 1. The number of carbonyl (C=O) groups excluding carboxylic acids is 1. The zero-order chi connectivity index (χ0) is 23.7. The summed E-state index contributed by atoms with van der Waals surface area (Å²) in [5.74, 6) is 0.0716. The predicted octanol–water partition coefficient (Wildman–Crippen LogP) is 6.56. The van der Waals surface area contributed by atoms with E-state index in [1.807, 2.05) is 56.3 Å². The number of benzene rings is 2. The molecule has 0 aliphatic rings. The Morgan fingerprint density at radius 2 is 1.82 bits per heavy atom. The van der Waals surface area contributed by atoms with Gasteiger partial charge >= 0.3 is 0 Å². The molecule has 164 valence electrons. The van der Waals surface area contributed by atoms with Gasteiger partial charge in [0.25, 0.3) is 11.7 Å². The molecule has 0 unspecified atom stereocenters. The molecule has 0 atom stereocenters. The molecule has 4 aromatic rings. The number of pyridine rings is 2. The van der Waals surface area contributed by atoms with Crippen LogP contribution in [-0.4, -0.2) is 34.9 Å². The molecule has 7 heteroatoms. The average Bonchev–Trinajstić information content (AvgIpc) is 2.82. The van der Waals surface area contributed by atoms with Gasteiger partial charge in [-0.05, 0) is 54.8 Å². The molecule has 2 aromatic carbocycles. The maximum Gasteiger partial charge on any atom is 0.273 e. The number of aryl methyl sites for hydroxylation is 2. The molecule has 0 bridgehead atoms. The van der Waals surface area contributed by atoms with Crippen molar-refractivity contribution in [2.75, 3.05) is 19.4 Å². The zero-order valence-corrected chi connectivity index (χ0v) is 19.5. The van der Waals surface area contributed by atoms with Gasteiger partial charge in [-0.25, -0.2) is 4.98 Å². The SMILES string of the molecule is [C-]#[N+]c1ccc(-c2ccc3nc(C(=O)N(C)C)c(Cl)c(Nc4cc(C)ccc4C)c3c2)cn1. The Morgan fingerprint density at radius 1 is 1.06 bits per heavy atom. The van der Waals surface area contributed by atoms with E-state index < -0.39 is 0 Å². The number of fused-ring (bicyclic) bond motifs is 1. The molecular weight excluding hydrogens is 434 g/mol. The van der Waals surface area contributed by atoms with E-state index in [4.69, 9.17) is 18.2 Å². The molecule has 1 amide bonds. The lowest BCUT2D eigenvalue weighted by Crippen LogP contribution is -2.23. The number of nitrogens with zero attached hydrogens (tertiary/aromatic N) is 4. The Labute approximate surface area is 197 Å². The van der Waals surface area contributed by atoms with Gasteiger partial charge < -0.3 is 15.1 Å². The normalized spacial score (nSPS) is 10.7. The predicted molar refractivity (Wildman–Crippen MR) is 133 cm³/mol. The van der Waals surface area contributed by atoms with Crippen molar-refractivity contribution < 1.29 is 4.79 Å². The fraction of sp³-hybridized carbons (Fsp3) is 0.154. The molecule has 0 fully saturated rings. The van der Waals surface area contributed by atoms with E-state index in [2.05, 4.69) is 20.1 Å². The lowest BCUT2D eigenvalue weighted by molar-refractivity contribution is 0.0822. The lowest BCUT2D eigenvalue weighted by Gasteiger charge is -2.18. The second kappa shape index (κ2) is 8.89. The Bertz CT molecular complexity index is 1420. The van der Waals surface area contributed by atoms with Gasteiger partial charge in [0, 0.05) is 30.7 Å². The third-order valence-electron chi connectivity index (χ3n) is 5.38. The molecule has 1 N–H and O–H groups in total. The highest BCUT2D eigenvalue weighted by Gasteiger charge is 2.21. The van der Waals surface area contributed by atoms with E-state index in [-0.39, 0.29) is 16.6 Å². The zero-order valence-electron chi connectivity index (χ0n) is 18.8. The first-order valence-corrected chi connectivity index (χ1v) is 10.7. The molecule has 0 radical (unpaired) electrons. The fourth-order valence-electron chi connectivity index (χ4n) is 3.52. The molecule has 0 saturated heterocycles. The van der Waals surface area contributed by atoms with Crippen molar-refractivity contribution in [3.63, 3.8) is 0 Å². The molecule has 6 nitrogen and oxygen atoms in total. The maximum atomic E-state index is 12.8. The van der Waals surface area contributed by atoms with Crippen LogP contribution >= 0.6 is 11.6 Å². The fourth-order valence-corrected chi connectivity index (χ4v) is 3.80. The van der Waals surface area contributed by atoms with Crippen molar-refractivity contribution in [1.82, 2.24) is 14.9 Å². The van der Waals surface area contributed by atoms with Crippen molar-refractivity contribution in [3.05, 3.63) is 88.0 Å². The quantitative estimate of drug-likeness (QED) is 0.354. The summed E-state index contributed by atoms with van der Waals surface area (Å²) in [6.07, 6.45) is 1.67. The second-order valence-electron chi connectivity index (χ2n) is 8.04. The van der Waals surface area contributed by atoms with E-state index >= 15 is 0 Å². The Morgan fingerprint density at radius 3 is 2.48 bits per heavy atom. The summed E-state index contributed by atoms with van der Waals surface area (Å²) in [4.78, 5) is 26.4. The van der Waals surface area contributed by atoms with Gasteiger partial charge in [-0.3, -0.25) is 4.79 Å². The van der Waals surface area contributed by atoms with Gasteiger partial charge in [0.15, 0.2) is 0 Å². The third kappa shape index (κ3) is 4.36. The molecule has 33 heavy (non-hydrogen) atoms. The maximum absolute atomic E-state index is 12.8. The minimum absolute atomic E-state index is 0.192. The molecule has 4 rings (SSSR count). The van der Waals surface area contributed by atoms with Crippen LogP contribution in [0.1, 0.15) is 21.6 Å². The molecule has 0 spiro atoms. The van der Waals surface area contributed by atoms with Crippen LogP contribution in [0.3, 0.4) is 0 Å². The summed E-state index contributed by atoms with van der Waals surface area (Å²) in [6.45, 7) is 11.1. The topological polar surface area (TPSA) is 62.5 Å². The van der Waals surface area contributed by atoms with Crippen LogP contribution in [0.15, 0.2) is 54.7 Å². The third-order valence-corrected chi connectivity index (χ3v) is 5.75. The van der Waals surface area contributed by atoms with Crippen molar-refractivity contribution >= 4 is 45.6 Å². The van der Waals surface area contributed by atoms with Crippen molar-refractivity contribution in [2.45, 2.75) is 13.8 Å². The van der Waals surface area contributed by atoms with E-state index in [0.717, 1.165) is 33.3 Å².